The van der Waals surface area contributed by atoms with Crippen LogP contribution in [-0.4, -0.2) is 49.7 Å². The van der Waals surface area contributed by atoms with E-state index >= 15 is 0 Å². The van der Waals surface area contributed by atoms with E-state index in [4.69, 9.17) is 9.84 Å². The second-order valence-corrected chi connectivity index (χ2v) is 2.92. The predicted molar refractivity (Wildman–Crippen MR) is 39.5 cm³/mol. The first-order chi connectivity index (χ1) is 6.31. The molecule has 1 aromatic rings. The Hall–Kier alpha value is -1.05. The normalized spacial score (nSPS) is 33.8. The van der Waals surface area contributed by atoms with Gasteiger partial charge in [0.1, 0.15) is 12.2 Å². The molecule has 13 heavy (non-hydrogen) atoms. The molecule has 3 atom stereocenters. The van der Waals surface area contributed by atoms with Crippen LogP contribution in [0.2, 0.25) is 0 Å². The van der Waals surface area contributed by atoms with Gasteiger partial charge < -0.3 is 14.9 Å². The van der Waals surface area contributed by atoms with Crippen LogP contribution in [-0.2, 0) is 4.74 Å². The molecule has 7 heteroatoms. The number of rotatable bonds is 2. The molecule has 0 amide bonds. The minimum atomic E-state index is -0.659. The van der Waals surface area contributed by atoms with Crippen LogP contribution in [0.4, 0.5) is 0 Å². The van der Waals surface area contributed by atoms with Crippen LogP contribution >= 0.6 is 0 Å². The van der Waals surface area contributed by atoms with Crippen LogP contribution in [0.5, 0.6) is 0 Å². The summed E-state index contributed by atoms with van der Waals surface area (Å²) in [5.41, 5.74) is 0. The molecular weight excluding hydrogens is 176 g/mol. The Kier molecular flexibility index (Phi) is 2.21. The van der Waals surface area contributed by atoms with E-state index in [2.05, 4.69) is 20.6 Å². The number of aromatic nitrogens is 4. The lowest BCUT2D eigenvalue weighted by Crippen LogP contribution is -2.24. The van der Waals surface area contributed by atoms with Gasteiger partial charge in [0, 0.05) is 6.42 Å². The number of aromatic amines is 1. The molecule has 0 aliphatic carbocycles. The zero-order valence-corrected chi connectivity index (χ0v) is 6.79. The summed E-state index contributed by atoms with van der Waals surface area (Å²) in [5.74, 6) is 0.412. The second kappa shape index (κ2) is 3.36. The van der Waals surface area contributed by atoms with Gasteiger partial charge in [0.05, 0.1) is 12.7 Å². The molecular formula is C6H10N4O3. The van der Waals surface area contributed by atoms with Crippen LogP contribution in [0.25, 0.3) is 0 Å². The van der Waals surface area contributed by atoms with E-state index in [1.54, 1.807) is 0 Å². The SMILES string of the molecule is OC[C@H]1O[C@@H](c2nn[nH]n2)C[C@@H]1O. The minimum Gasteiger partial charge on any atom is -0.394 e. The average molecular weight is 186 g/mol. The third-order valence-electron chi connectivity index (χ3n) is 2.05. The molecule has 0 spiro atoms. The first-order valence-corrected chi connectivity index (χ1v) is 3.99. The Balaban J connectivity index is 2.05. The molecule has 72 valence electrons. The quantitative estimate of drug-likeness (QED) is 0.513. The van der Waals surface area contributed by atoms with Crippen molar-refractivity contribution < 1.29 is 14.9 Å². The fourth-order valence-electron chi connectivity index (χ4n) is 1.37. The zero-order chi connectivity index (χ0) is 9.26. The number of aliphatic hydroxyl groups excluding tert-OH is 2. The highest BCUT2D eigenvalue weighted by Gasteiger charge is 2.36. The van der Waals surface area contributed by atoms with Crippen molar-refractivity contribution in [2.45, 2.75) is 24.7 Å². The Morgan fingerprint density at radius 3 is 3.00 bits per heavy atom. The highest BCUT2D eigenvalue weighted by Crippen LogP contribution is 2.30. The summed E-state index contributed by atoms with van der Waals surface area (Å²) in [6.45, 7) is -0.199. The third-order valence-corrected chi connectivity index (χ3v) is 2.05. The lowest BCUT2D eigenvalue weighted by atomic mass is 10.1. The topological polar surface area (TPSA) is 104 Å². The van der Waals surface area contributed by atoms with E-state index in [-0.39, 0.29) is 12.7 Å². The van der Waals surface area contributed by atoms with Gasteiger partial charge in [-0.05, 0) is 0 Å². The predicted octanol–water partition coefficient (Wildman–Crippen LogP) is -1.62. The second-order valence-electron chi connectivity index (χ2n) is 2.92. The summed E-state index contributed by atoms with van der Waals surface area (Å²) >= 11 is 0. The van der Waals surface area contributed by atoms with Gasteiger partial charge in [-0.2, -0.15) is 5.21 Å². The third kappa shape index (κ3) is 1.53. The van der Waals surface area contributed by atoms with E-state index in [9.17, 15) is 5.11 Å². The Morgan fingerprint density at radius 1 is 1.62 bits per heavy atom. The summed E-state index contributed by atoms with van der Waals surface area (Å²) in [4.78, 5) is 0. The van der Waals surface area contributed by atoms with Gasteiger partial charge >= 0.3 is 0 Å². The molecule has 2 heterocycles. The summed E-state index contributed by atoms with van der Waals surface area (Å²) in [7, 11) is 0. The highest BCUT2D eigenvalue weighted by atomic mass is 16.5. The van der Waals surface area contributed by atoms with Crippen molar-refractivity contribution in [3.05, 3.63) is 5.82 Å². The maximum atomic E-state index is 9.39. The molecule has 1 saturated heterocycles. The average Bonchev–Trinajstić information content (AvgIpc) is 2.71. The maximum absolute atomic E-state index is 9.39. The molecule has 7 nitrogen and oxygen atoms in total. The smallest absolute Gasteiger partial charge is 0.203 e. The van der Waals surface area contributed by atoms with E-state index in [0.717, 1.165) is 0 Å². The molecule has 1 aromatic heterocycles. The van der Waals surface area contributed by atoms with Gasteiger partial charge in [-0.15, -0.1) is 10.2 Å². The van der Waals surface area contributed by atoms with E-state index in [0.29, 0.717) is 12.2 Å². The molecule has 3 N–H and O–H groups in total. The number of H-pyrrole nitrogens is 1. The Bertz CT molecular complexity index is 265. The number of nitrogens with one attached hydrogen (secondary N) is 1. The van der Waals surface area contributed by atoms with Crippen molar-refractivity contribution in [2.24, 2.45) is 0 Å². The van der Waals surface area contributed by atoms with Gasteiger partial charge in [-0.3, -0.25) is 0 Å². The summed E-state index contributed by atoms with van der Waals surface area (Å²) in [5, 5.41) is 31.3. The van der Waals surface area contributed by atoms with E-state index in [1.807, 2.05) is 0 Å². The lowest BCUT2D eigenvalue weighted by Gasteiger charge is -2.09. The number of nitrogens with zero attached hydrogens (tertiary/aromatic N) is 3. The van der Waals surface area contributed by atoms with Crippen molar-refractivity contribution in [2.75, 3.05) is 6.61 Å². The molecule has 0 aromatic carbocycles. The number of aliphatic hydroxyl groups is 2. The molecule has 0 bridgehead atoms. The zero-order valence-electron chi connectivity index (χ0n) is 6.79. The van der Waals surface area contributed by atoms with Crippen LogP contribution in [0.3, 0.4) is 0 Å². The van der Waals surface area contributed by atoms with E-state index < -0.39 is 12.2 Å². The Labute approximate surface area is 73.7 Å². The van der Waals surface area contributed by atoms with Crippen LogP contribution < -0.4 is 0 Å². The lowest BCUT2D eigenvalue weighted by molar-refractivity contribution is -0.0247. The molecule has 0 saturated carbocycles. The van der Waals surface area contributed by atoms with Crippen molar-refractivity contribution in [3.8, 4) is 0 Å². The fraction of sp³-hybridized carbons (Fsp3) is 0.833. The van der Waals surface area contributed by atoms with Gasteiger partial charge in [0.25, 0.3) is 0 Å². The number of hydrogen-bond donors (Lipinski definition) is 3. The molecule has 1 fully saturated rings. The number of ether oxygens (including phenoxy) is 1. The molecule has 1 aliphatic heterocycles. The fourth-order valence-corrected chi connectivity index (χ4v) is 1.37. The van der Waals surface area contributed by atoms with Crippen molar-refractivity contribution in [1.29, 1.82) is 0 Å². The van der Waals surface area contributed by atoms with Gasteiger partial charge in [0.15, 0.2) is 0 Å². The Morgan fingerprint density at radius 2 is 2.46 bits per heavy atom. The maximum Gasteiger partial charge on any atom is 0.203 e. The standard InChI is InChI=1S/C6H10N4O3/c11-2-5-3(12)1-4(13-5)6-7-9-10-8-6/h3-5,11-12H,1-2H2,(H,7,8,9,10)/t3-,4+,5+/m0/s1. The van der Waals surface area contributed by atoms with Crippen LogP contribution in [0.1, 0.15) is 18.3 Å². The molecule has 0 radical (unpaired) electrons. The van der Waals surface area contributed by atoms with Crippen molar-refractivity contribution in [1.82, 2.24) is 20.6 Å². The van der Waals surface area contributed by atoms with E-state index in [1.165, 1.54) is 0 Å². The molecule has 1 aliphatic rings. The minimum absolute atomic E-state index is 0.199. The first kappa shape index (κ1) is 8.54. The molecule has 2 rings (SSSR count). The summed E-state index contributed by atoms with van der Waals surface area (Å²) in [6.07, 6.45) is -1.17. The van der Waals surface area contributed by atoms with Crippen LogP contribution in [0.15, 0.2) is 0 Å². The summed E-state index contributed by atoms with van der Waals surface area (Å²) in [6, 6.07) is 0. The first-order valence-electron chi connectivity index (χ1n) is 3.99. The van der Waals surface area contributed by atoms with Gasteiger partial charge in [-0.25, -0.2) is 0 Å². The van der Waals surface area contributed by atoms with Gasteiger partial charge in [0.2, 0.25) is 5.82 Å². The largest absolute Gasteiger partial charge is 0.394 e. The van der Waals surface area contributed by atoms with Crippen molar-refractivity contribution >= 4 is 0 Å². The number of hydrogen-bond acceptors (Lipinski definition) is 6. The molecule has 0 unspecified atom stereocenters. The van der Waals surface area contributed by atoms with Gasteiger partial charge in [-0.1, -0.05) is 5.21 Å². The summed E-state index contributed by atoms with van der Waals surface area (Å²) < 4.78 is 5.28. The number of tetrazole rings is 1. The van der Waals surface area contributed by atoms with Crippen molar-refractivity contribution in [3.63, 3.8) is 0 Å². The highest BCUT2D eigenvalue weighted by molar-refractivity contribution is 4.93. The van der Waals surface area contributed by atoms with Crippen LogP contribution in [0, 0.1) is 0 Å². The monoisotopic (exact) mass is 186 g/mol.